The number of nitrogens with one attached hydrogen (secondary N) is 2. The Labute approximate surface area is 157 Å². The van der Waals surface area contributed by atoms with Gasteiger partial charge in [0, 0.05) is 11.8 Å². The van der Waals surface area contributed by atoms with Crippen LogP contribution in [0.3, 0.4) is 0 Å². The third-order valence-corrected chi connectivity index (χ3v) is 4.62. The molecule has 0 atom stereocenters. The zero-order chi connectivity index (χ0) is 19.4. The second kappa shape index (κ2) is 7.57. The summed E-state index contributed by atoms with van der Waals surface area (Å²) in [5.74, 6) is 1.10. The third kappa shape index (κ3) is 3.81. The monoisotopic (exact) mass is 370 g/mol. The number of carbonyl (C=O) groups is 2. The fourth-order valence-electron chi connectivity index (χ4n) is 2.75. The highest BCUT2D eigenvalue weighted by Gasteiger charge is 2.56. The minimum absolute atomic E-state index is 0.322. The Balaban J connectivity index is 1.71. The molecule has 0 spiro atoms. The van der Waals surface area contributed by atoms with Gasteiger partial charge in [-0.1, -0.05) is 0 Å². The Hall–Kier alpha value is -3.22. The molecule has 0 radical (unpaired) electrons. The van der Waals surface area contributed by atoms with E-state index in [2.05, 4.69) is 10.6 Å². The number of hydrogen-bond donors (Lipinski definition) is 2. The average molecular weight is 370 g/mol. The predicted molar refractivity (Wildman–Crippen MR) is 101 cm³/mol. The van der Waals surface area contributed by atoms with Crippen molar-refractivity contribution in [2.45, 2.75) is 12.8 Å². The lowest BCUT2D eigenvalue weighted by molar-refractivity contribution is -0.131. The fraction of sp³-hybridized carbons (Fsp3) is 0.300. The van der Waals surface area contributed by atoms with Crippen molar-refractivity contribution in [3.8, 4) is 17.2 Å². The van der Waals surface area contributed by atoms with Gasteiger partial charge in [-0.2, -0.15) is 0 Å². The molecule has 1 fully saturated rings. The fourth-order valence-corrected chi connectivity index (χ4v) is 2.75. The van der Waals surface area contributed by atoms with Gasteiger partial charge in [0.1, 0.15) is 22.7 Å². The van der Waals surface area contributed by atoms with Crippen LogP contribution in [0.5, 0.6) is 17.2 Å². The molecule has 0 saturated heterocycles. The number of ether oxygens (including phenoxy) is 3. The van der Waals surface area contributed by atoms with E-state index in [-0.39, 0.29) is 11.8 Å². The lowest BCUT2D eigenvalue weighted by atomic mass is 10.0. The molecule has 1 aliphatic rings. The van der Waals surface area contributed by atoms with Crippen LogP contribution in [0.4, 0.5) is 11.4 Å². The van der Waals surface area contributed by atoms with Gasteiger partial charge in [0.05, 0.1) is 27.0 Å². The van der Waals surface area contributed by atoms with Crippen molar-refractivity contribution in [3.63, 3.8) is 0 Å². The SMILES string of the molecule is COc1ccc(NC(=O)C2(C(=O)Nc3ccc(OC)cc3OC)CC2)cc1. The second-order valence-electron chi connectivity index (χ2n) is 6.29. The molecule has 2 aromatic carbocycles. The van der Waals surface area contributed by atoms with E-state index < -0.39 is 5.41 Å². The summed E-state index contributed by atoms with van der Waals surface area (Å²) in [6, 6.07) is 12.0. The normalized spacial score (nSPS) is 14.0. The highest BCUT2D eigenvalue weighted by atomic mass is 16.5. The number of amides is 2. The van der Waals surface area contributed by atoms with E-state index in [1.54, 1.807) is 56.7 Å². The van der Waals surface area contributed by atoms with Gasteiger partial charge in [0.25, 0.3) is 0 Å². The van der Waals surface area contributed by atoms with Crippen molar-refractivity contribution in [2.75, 3.05) is 32.0 Å². The Morgan fingerprint density at radius 1 is 0.815 bits per heavy atom. The molecular weight excluding hydrogens is 348 g/mol. The van der Waals surface area contributed by atoms with Crippen LogP contribution in [0.15, 0.2) is 42.5 Å². The maximum Gasteiger partial charge on any atom is 0.240 e. The smallest absolute Gasteiger partial charge is 0.240 e. The minimum atomic E-state index is -1.06. The molecule has 2 aromatic rings. The van der Waals surface area contributed by atoms with Crippen molar-refractivity contribution in [1.82, 2.24) is 0 Å². The largest absolute Gasteiger partial charge is 0.497 e. The molecule has 7 heteroatoms. The standard InChI is InChI=1S/C20H22N2O5/c1-25-14-6-4-13(5-7-14)21-18(23)20(10-11-20)19(24)22-16-9-8-15(26-2)12-17(16)27-3/h4-9,12H,10-11H2,1-3H3,(H,21,23)(H,22,24). The molecule has 0 heterocycles. The topological polar surface area (TPSA) is 85.9 Å². The summed E-state index contributed by atoms with van der Waals surface area (Å²) in [7, 11) is 4.63. The highest BCUT2D eigenvalue weighted by Crippen LogP contribution is 2.48. The lowest BCUT2D eigenvalue weighted by Gasteiger charge is -2.17. The Morgan fingerprint density at radius 2 is 1.41 bits per heavy atom. The Kier molecular flexibility index (Phi) is 5.21. The quantitative estimate of drug-likeness (QED) is 0.732. The number of hydrogen-bond acceptors (Lipinski definition) is 5. The van der Waals surface area contributed by atoms with Gasteiger partial charge >= 0.3 is 0 Å². The molecule has 27 heavy (non-hydrogen) atoms. The third-order valence-electron chi connectivity index (χ3n) is 4.62. The van der Waals surface area contributed by atoms with Crippen LogP contribution in [-0.4, -0.2) is 33.1 Å². The van der Waals surface area contributed by atoms with Gasteiger partial charge in [-0.15, -0.1) is 0 Å². The summed E-state index contributed by atoms with van der Waals surface area (Å²) in [5, 5.41) is 5.60. The first-order valence-electron chi connectivity index (χ1n) is 8.51. The molecule has 1 aliphatic carbocycles. The molecule has 0 unspecified atom stereocenters. The maximum absolute atomic E-state index is 12.8. The summed E-state index contributed by atoms with van der Waals surface area (Å²) in [6.07, 6.45) is 0.999. The molecule has 2 N–H and O–H groups in total. The molecule has 7 nitrogen and oxygen atoms in total. The van der Waals surface area contributed by atoms with Gasteiger partial charge in [-0.05, 0) is 49.2 Å². The van der Waals surface area contributed by atoms with Crippen LogP contribution in [0.2, 0.25) is 0 Å². The number of rotatable bonds is 7. The first-order chi connectivity index (χ1) is 13.0. The minimum Gasteiger partial charge on any atom is -0.497 e. The van der Waals surface area contributed by atoms with Crippen LogP contribution in [0.1, 0.15) is 12.8 Å². The molecule has 0 aromatic heterocycles. The zero-order valence-electron chi connectivity index (χ0n) is 15.5. The summed E-state index contributed by atoms with van der Waals surface area (Å²) in [6.45, 7) is 0. The average Bonchev–Trinajstić information content (AvgIpc) is 3.51. The summed E-state index contributed by atoms with van der Waals surface area (Å²) >= 11 is 0. The molecule has 0 aliphatic heterocycles. The summed E-state index contributed by atoms with van der Waals surface area (Å²) < 4.78 is 15.5. The van der Waals surface area contributed by atoms with E-state index in [4.69, 9.17) is 14.2 Å². The van der Waals surface area contributed by atoms with Crippen LogP contribution >= 0.6 is 0 Å². The maximum atomic E-state index is 12.8. The van der Waals surface area contributed by atoms with Crippen LogP contribution < -0.4 is 24.8 Å². The van der Waals surface area contributed by atoms with E-state index >= 15 is 0 Å². The number of carbonyl (C=O) groups excluding carboxylic acids is 2. The van der Waals surface area contributed by atoms with E-state index in [0.29, 0.717) is 41.5 Å². The van der Waals surface area contributed by atoms with E-state index in [0.717, 1.165) is 0 Å². The van der Waals surface area contributed by atoms with Crippen molar-refractivity contribution in [1.29, 1.82) is 0 Å². The lowest BCUT2D eigenvalue weighted by Crippen LogP contribution is -2.35. The van der Waals surface area contributed by atoms with E-state index in [9.17, 15) is 9.59 Å². The predicted octanol–water partition coefficient (Wildman–Crippen LogP) is 3.07. The second-order valence-corrected chi connectivity index (χ2v) is 6.29. The Morgan fingerprint density at radius 3 is 1.96 bits per heavy atom. The van der Waals surface area contributed by atoms with Gasteiger partial charge in [-0.3, -0.25) is 9.59 Å². The molecule has 2 amide bonds. The number of methoxy groups -OCH3 is 3. The van der Waals surface area contributed by atoms with E-state index in [1.807, 2.05) is 0 Å². The highest BCUT2D eigenvalue weighted by molar-refractivity contribution is 6.17. The number of anilines is 2. The first kappa shape index (κ1) is 18.6. The van der Waals surface area contributed by atoms with Crippen LogP contribution in [0, 0.1) is 5.41 Å². The van der Waals surface area contributed by atoms with Gasteiger partial charge in [-0.25, -0.2) is 0 Å². The number of benzene rings is 2. The molecule has 142 valence electrons. The molecule has 3 rings (SSSR count). The van der Waals surface area contributed by atoms with E-state index in [1.165, 1.54) is 7.11 Å². The van der Waals surface area contributed by atoms with Gasteiger partial charge < -0.3 is 24.8 Å². The molecule has 0 bridgehead atoms. The zero-order valence-corrected chi connectivity index (χ0v) is 15.5. The van der Waals surface area contributed by atoms with Gasteiger partial charge in [0.2, 0.25) is 11.8 Å². The van der Waals surface area contributed by atoms with Crippen molar-refractivity contribution in [3.05, 3.63) is 42.5 Å². The van der Waals surface area contributed by atoms with Crippen LogP contribution in [0.25, 0.3) is 0 Å². The molecule has 1 saturated carbocycles. The van der Waals surface area contributed by atoms with Crippen LogP contribution in [-0.2, 0) is 9.59 Å². The Bertz CT molecular complexity index is 844. The first-order valence-corrected chi connectivity index (χ1v) is 8.51. The van der Waals surface area contributed by atoms with Crippen molar-refractivity contribution >= 4 is 23.2 Å². The van der Waals surface area contributed by atoms with Crippen molar-refractivity contribution in [2.24, 2.45) is 5.41 Å². The summed E-state index contributed by atoms with van der Waals surface area (Å²) in [5.41, 5.74) is 0.0407. The van der Waals surface area contributed by atoms with Gasteiger partial charge in [0.15, 0.2) is 0 Å². The molecular formula is C20H22N2O5. The van der Waals surface area contributed by atoms with Crippen molar-refractivity contribution < 1.29 is 23.8 Å². The summed E-state index contributed by atoms with van der Waals surface area (Å²) in [4.78, 5) is 25.5.